The summed E-state index contributed by atoms with van der Waals surface area (Å²) in [7, 11) is -1.20. The average Bonchev–Trinajstić information content (AvgIpc) is 3.11. The molecule has 1 heterocycles. The predicted molar refractivity (Wildman–Crippen MR) is 94.5 cm³/mol. The highest BCUT2D eigenvalue weighted by atomic mass is 28.3. The lowest BCUT2D eigenvalue weighted by Gasteiger charge is -2.41. The SMILES string of the molecule is CC(C)(C)[Si]1(C(C)(C)C)CC1CCOCc1ccccc1. The Morgan fingerprint density at radius 3 is 2.05 bits per heavy atom. The van der Waals surface area contributed by atoms with Crippen LogP contribution in [0.4, 0.5) is 0 Å². The Labute approximate surface area is 132 Å². The van der Waals surface area contributed by atoms with Gasteiger partial charge in [0, 0.05) is 6.61 Å². The molecule has 0 bridgehead atoms. The van der Waals surface area contributed by atoms with Crippen molar-refractivity contribution < 1.29 is 4.74 Å². The van der Waals surface area contributed by atoms with Gasteiger partial charge in [0.1, 0.15) is 0 Å². The van der Waals surface area contributed by atoms with Gasteiger partial charge in [-0.25, -0.2) is 0 Å². The van der Waals surface area contributed by atoms with Crippen LogP contribution in [0.3, 0.4) is 0 Å². The van der Waals surface area contributed by atoms with Crippen LogP contribution in [0.1, 0.15) is 53.5 Å². The highest BCUT2D eigenvalue weighted by Crippen LogP contribution is 2.72. The Balaban J connectivity index is 1.83. The molecule has 2 heteroatoms. The van der Waals surface area contributed by atoms with Crippen LogP contribution in [0.2, 0.25) is 21.7 Å². The molecule has 1 aromatic rings. The van der Waals surface area contributed by atoms with E-state index >= 15 is 0 Å². The summed E-state index contributed by atoms with van der Waals surface area (Å²) in [6.45, 7) is 16.5. The van der Waals surface area contributed by atoms with Crippen LogP contribution in [-0.2, 0) is 11.3 Å². The van der Waals surface area contributed by atoms with E-state index in [1.54, 1.807) is 0 Å². The minimum Gasteiger partial charge on any atom is -0.377 e. The van der Waals surface area contributed by atoms with Gasteiger partial charge < -0.3 is 4.74 Å². The summed E-state index contributed by atoms with van der Waals surface area (Å²) in [5.74, 6) is 0. The normalized spacial score (nSPS) is 21.3. The molecule has 118 valence electrons. The highest BCUT2D eigenvalue weighted by Gasteiger charge is 2.67. The van der Waals surface area contributed by atoms with E-state index in [1.807, 2.05) is 0 Å². The summed E-state index contributed by atoms with van der Waals surface area (Å²) in [5.41, 5.74) is 2.23. The second-order valence-corrected chi connectivity index (χ2v) is 14.9. The van der Waals surface area contributed by atoms with Gasteiger partial charge in [-0.3, -0.25) is 0 Å². The standard InChI is InChI=1S/C19H32OSi/c1-18(2,3)21(19(4,5)6)15-17(21)12-13-20-14-16-10-8-7-9-11-16/h7-11,17H,12-15H2,1-6H3. The van der Waals surface area contributed by atoms with E-state index in [9.17, 15) is 0 Å². The molecule has 1 aromatic carbocycles. The van der Waals surface area contributed by atoms with Crippen molar-refractivity contribution in [2.75, 3.05) is 6.61 Å². The third kappa shape index (κ3) is 3.43. The molecule has 21 heavy (non-hydrogen) atoms. The van der Waals surface area contributed by atoms with Crippen molar-refractivity contribution in [3.05, 3.63) is 35.9 Å². The van der Waals surface area contributed by atoms with Crippen molar-refractivity contribution in [1.82, 2.24) is 0 Å². The molecule has 0 aromatic heterocycles. The number of benzene rings is 1. The lowest BCUT2D eigenvalue weighted by molar-refractivity contribution is 0.119. The molecule has 1 aliphatic rings. The van der Waals surface area contributed by atoms with E-state index < -0.39 is 8.07 Å². The van der Waals surface area contributed by atoms with Crippen LogP contribution in [0.25, 0.3) is 0 Å². The molecule has 0 N–H and O–H groups in total. The van der Waals surface area contributed by atoms with Gasteiger partial charge in [-0.2, -0.15) is 0 Å². The fourth-order valence-corrected chi connectivity index (χ4v) is 12.6. The monoisotopic (exact) mass is 304 g/mol. The zero-order chi connectivity index (χ0) is 15.7. The highest BCUT2D eigenvalue weighted by molar-refractivity contribution is 6.95. The molecule has 1 atom stereocenters. The smallest absolute Gasteiger partial charge is 0.0716 e. The molecular formula is C19H32OSi. The molecule has 1 fully saturated rings. The Bertz CT molecular complexity index is 439. The van der Waals surface area contributed by atoms with Crippen LogP contribution in [0, 0.1) is 0 Å². The number of hydrogen-bond donors (Lipinski definition) is 0. The summed E-state index contributed by atoms with van der Waals surface area (Å²) in [4.78, 5) is 0. The lowest BCUT2D eigenvalue weighted by atomic mass is 10.2. The Kier molecular flexibility index (Phi) is 4.70. The molecule has 1 saturated heterocycles. The van der Waals surface area contributed by atoms with Gasteiger partial charge in [0.25, 0.3) is 0 Å². The van der Waals surface area contributed by atoms with Gasteiger partial charge in [0.2, 0.25) is 0 Å². The zero-order valence-corrected chi connectivity index (χ0v) is 15.7. The summed E-state index contributed by atoms with van der Waals surface area (Å²) < 4.78 is 5.91. The van der Waals surface area contributed by atoms with Crippen molar-refractivity contribution in [2.45, 2.75) is 76.2 Å². The Morgan fingerprint density at radius 2 is 1.57 bits per heavy atom. The quantitative estimate of drug-likeness (QED) is 0.477. The third-order valence-electron chi connectivity index (χ3n) is 5.50. The number of ether oxygens (including phenoxy) is 1. The van der Waals surface area contributed by atoms with E-state index in [0.717, 1.165) is 18.8 Å². The maximum Gasteiger partial charge on any atom is 0.0716 e. The molecule has 0 saturated carbocycles. The van der Waals surface area contributed by atoms with E-state index in [1.165, 1.54) is 18.0 Å². The molecule has 1 aliphatic heterocycles. The third-order valence-corrected chi connectivity index (χ3v) is 13.4. The van der Waals surface area contributed by atoms with Crippen LogP contribution < -0.4 is 0 Å². The van der Waals surface area contributed by atoms with E-state index in [0.29, 0.717) is 10.1 Å². The number of hydrogen-bond acceptors (Lipinski definition) is 1. The molecule has 0 spiro atoms. The summed E-state index contributed by atoms with van der Waals surface area (Å²) >= 11 is 0. The first-order valence-electron chi connectivity index (χ1n) is 8.30. The Hall–Kier alpha value is -0.603. The zero-order valence-electron chi connectivity index (χ0n) is 14.7. The summed E-state index contributed by atoms with van der Waals surface area (Å²) in [6, 6.07) is 12.0. The van der Waals surface area contributed by atoms with Crippen molar-refractivity contribution in [3.8, 4) is 0 Å². The fraction of sp³-hybridized carbons (Fsp3) is 0.684. The lowest BCUT2D eigenvalue weighted by Crippen LogP contribution is -2.39. The second kappa shape index (κ2) is 5.89. The molecule has 1 nitrogen and oxygen atoms in total. The van der Waals surface area contributed by atoms with Crippen LogP contribution in [0.15, 0.2) is 30.3 Å². The first-order chi connectivity index (χ1) is 9.68. The van der Waals surface area contributed by atoms with Crippen molar-refractivity contribution >= 4 is 8.07 Å². The predicted octanol–water partition coefficient (Wildman–Crippen LogP) is 6.03. The molecule has 2 rings (SSSR count). The average molecular weight is 305 g/mol. The summed E-state index contributed by atoms with van der Waals surface area (Å²) in [5, 5.41) is 1.02. The van der Waals surface area contributed by atoms with E-state index in [-0.39, 0.29) is 0 Å². The van der Waals surface area contributed by atoms with Gasteiger partial charge in [-0.15, -0.1) is 0 Å². The maximum absolute atomic E-state index is 5.91. The van der Waals surface area contributed by atoms with E-state index in [4.69, 9.17) is 4.74 Å². The maximum atomic E-state index is 5.91. The van der Waals surface area contributed by atoms with Gasteiger partial charge in [0.05, 0.1) is 14.7 Å². The van der Waals surface area contributed by atoms with E-state index in [2.05, 4.69) is 71.9 Å². The van der Waals surface area contributed by atoms with Gasteiger partial charge in [-0.1, -0.05) is 77.9 Å². The van der Waals surface area contributed by atoms with Gasteiger partial charge >= 0.3 is 0 Å². The molecule has 1 unspecified atom stereocenters. The van der Waals surface area contributed by atoms with Crippen molar-refractivity contribution in [2.24, 2.45) is 0 Å². The molecular weight excluding hydrogens is 272 g/mol. The largest absolute Gasteiger partial charge is 0.377 e. The first kappa shape index (κ1) is 16.8. The summed E-state index contributed by atoms with van der Waals surface area (Å²) in [6.07, 6.45) is 1.26. The fourth-order valence-electron chi connectivity index (χ4n) is 4.63. The minimum atomic E-state index is -1.20. The van der Waals surface area contributed by atoms with Gasteiger partial charge in [-0.05, 0) is 27.6 Å². The first-order valence-corrected chi connectivity index (χ1v) is 10.6. The minimum absolute atomic E-state index is 0.509. The van der Waals surface area contributed by atoms with Crippen molar-refractivity contribution in [1.29, 1.82) is 0 Å². The topological polar surface area (TPSA) is 9.23 Å². The van der Waals surface area contributed by atoms with Gasteiger partial charge in [0.15, 0.2) is 0 Å². The van der Waals surface area contributed by atoms with Crippen molar-refractivity contribution in [3.63, 3.8) is 0 Å². The molecule has 0 radical (unpaired) electrons. The number of rotatable bonds is 5. The molecule has 0 aliphatic carbocycles. The van der Waals surface area contributed by atoms with Crippen LogP contribution in [-0.4, -0.2) is 14.7 Å². The van der Waals surface area contributed by atoms with Crippen LogP contribution >= 0.6 is 0 Å². The Morgan fingerprint density at radius 1 is 1.00 bits per heavy atom. The van der Waals surface area contributed by atoms with Crippen LogP contribution in [0.5, 0.6) is 0 Å². The molecule has 0 amide bonds. The second-order valence-electron chi connectivity index (χ2n) is 8.70.